The topological polar surface area (TPSA) is 81.4 Å². The molecule has 0 aromatic heterocycles. The summed E-state index contributed by atoms with van der Waals surface area (Å²) in [6, 6.07) is -0.615. The summed E-state index contributed by atoms with van der Waals surface area (Å²) in [5.74, 6) is -0.577. The molecule has 1 unspecified atom stereocenters. The summed E-state index contributed by atoms with van der Waals surface area (Å²) >= 11 is 0. The van der Waals surface area contributed by atoms with Crippen molar-refractivity contribution in [3.05, 3.63) is 0 Å². The first kappa shape index (κ1) is 16.6. The zero-order valence-corrected chi connectivity index (χ0v) is 10.3. The summed E-state index contributed by atoms with van der Waals surface area (Å²) in [5, 5.41) is 0. The Balaban J connectivity index is 4.11. The van der Waals surface area contributed by atoms with Gasteiger partial charge in [0.15, 0.2) is 0 Å². The van der Waals surface area contributed by atoms with Gasteiger partial charge in [0.25, 0.3) is 0 Å². The molecule has 0 bridgehead atoms. The predicted octanol–water partition coefficient (Wildman–Crippen LogP) is 0.222. The molecule has 5 nitrogen and oxygen atoms in total. The number of alkyl halides is 3. The van der Waals surface area contributed by atoms with Crippen LogP contribution in [0.4, 0.5) is 13.2 Å². The summed E-state index contributed by atoms with van der Waals surface area (Å²) in [6.07, 6.45) is -5.93. The van der Waals surface area contributed by atoms with Crippen molar-refractivity contribution in [3.63, 3.8) is 0 Å². The Labute approximate surface area is 98.6 Å². The average Bonchev–Trinajstić information content (AvgIpc) is 2.14. The summed E-state index contributed by atoms with van der Waals surface area (Å²) in [7, 11) is -2.37. The largest absolute Gasteiger partial charge is 0.389 e. The fourth-order valence-electron chi connectivity index (χ4n) is 1.13. The van der Waals surface area contributed by atoms with Crippen molar-refractivity contribution in [1.82, 2.24) is 4.72 Å². The molecular weight excluding hydrogens is 261 g/mol. The first-order valence-corrected chi connectivity index (χ1v) is 6.61. The van der Waals surface area contributed by atoms with Crippen molar-refractivity contribution in [3.8, 4) is 0 Å². The van der Waals surface area contributed by atoms with E-state index in [0.717, 1.165) is 0 Å². The van der Waals surface area contributed by atoms with E-state index in [2.05, 4.69) is 4.72 Å². The van der Waals surface area contributed by atoms with Crippen LogP contribution in [0.3, 0.4) is 0 Å². The van der Waals surface area contributed by atoms with Crippen molar-refractivity contribution >= 4 is 10.0 Å². The molecule has 17 heavy (non-hydrogen) atoms. The van der Waals surface area contributed by atoms with Crippen molar-refractivity contribution < 1.29 is 26.3 Å². The van der Waals surface area contributed by atoms with E-state index in [0.29, 0.717) is 0 Å². The molecule has 0 heterocycles. The first-order valence-electron chi connectivity index (χ1n) is 4.96. The van der Waals surface area contributed by atoms with Crippen LogP contribution in [0.15, 0.2) is 0 Å². The fourth-order valence-corrected chi connectivity index (χ4v) is 2.44. The van der Waals surface area contributed by atoms with Crippen LogP contribution in [0.1, 0.15) is 12.8 Å². The molecule has 0 spiro atoms. The number of methoxy groups -OCH3 is 1. The lowest BCUT2D eigenvalue weighted by Crippen LogP contribution is -2.44. The molecule has 0 rings (SSSR count). The number of sulfonamides is 1. The van der Waals surface area contributed by atoms with E-state index in [-0.39, 0.29) is 13.2 Å². The molecule has 0 fully saturated rings. The second kappa shape index (κ2) is 7.14. The molecule has 0 aromatic rings. The zero-order chi connectivity index (χ0) is 13.5. The first-order chi connectivity index (χ1) is 7.70. The third-order valence-electron chi connectivity index (χ3n) is 1.87. The predicted molar refractivity (Wildman–Crippen MR) is 56.9 cm³/mol. The number of ether oxygens (including phenoxy) is 1. The molecule has 0 aliphatic heterocycles. The molecule has 0 saturated carbocycles. The van der Waals surface area contributed by atoms with Crippen LogP contribution in [0, 0.1) is 0 Å². The Kier molecular flexibility index (Phi) is 6.98. The van der Waals surface area contributed by atoms with Gasteiger partial charge in [-0.2, -0.15) is 13.2 Å². The van der Waals surface area contributed by atoms with Gasteiger partial charge in [-0.05, 0) is 6.42 Å². The average molecular weight is 278 g/mol. The molecule has 0 radical (unpaired) electrons. The maximum absolute atomic E-state index is 11.8. The number of rotatable bonds is 8. The minimum absolute atomic E-state index is 0.0202. The highest BCUT2D eigenvalue weighted by atomic mass is 32.2. The van der Waals surface area contributed by atoms with Crippen molar-refractivity contribution in [1.29, 1.82) is 0 Å². The molecule has 1 atom stereocenters. The second-order valence-electron chi connectivity index (χ2n) is 3.54. The highest BCUT2D eigenvalue weighted by Gasteiger charge is 2.27. The van der Waals surface area contributed by atoms with E-state index >= 15 is 0 Å². The molecule has 3 N–H and O–H groups in total. The van der Waals surface area contributed by atoms with E-state index in [4.69, 9.17) is 10.5 Å². The summed E-state index contributed by atoms with van der Waals surface area (Å²) < 4.78 is 65.1. The number of hydrogen-bond donors (Lipinski definition) is 2. The normalized spacial score (nSPS) is 14.9. The van der Waals surface area contributed by atoms with E-state index in [9.17, 15) is 21.6 Å². The minimum Gasteiger partial charge on any atom is -0.383 e. The lowest BCUT2D eigenvalue weighted by atomic mass is 10.3. The zero-order valence-electron chi connectivity index (χ0n) is 9.46. The van der Waals surface area contributed by atoms with Gasteiger partial charge < -0.3 is 10.5 Å². The van der Waals surface area contributed by atoms with Gasteiger partial charge in [0.05, 0.1) is 18.4 Å². The number of hydrogen-bond acceptors (Lipinski definition) is 4. The number of halogens is 3. The molecule has 0 amide bonds. The molecule has 0 aliphatic rings. The van der Waals surface area contributed by atoms with Crippen molar-refractivity contribution in [2.75, 3.05) is 26.0 Å². The van der Waals surface area contributed by atoms with E-state index in [1.165, 1.54) is 7.11 Å². The second-order valence-corrected chi connectivity index (χ2v) is 5.42. The molecule has 104 valence electrons. The van der Waals surface area contributed by atoms with E-state index in [1.807, 2.05) is 0 Å². The minimum atomic E-state index is -4.34. The van der Waals surface area contributed by atoms with Gasteiger partial charge in [-0.1, -0.05) is 0 Å². The number of nitrogens with one attached hydrogen (secondary N) is 1. The van der Waals surface area contributed by atoms with Gasteiger partial charge in [0.2, 0.25) is 10.0 Å². The van der Waals surface area contributed by atoms with Gasteiger partial charge in [-0.3, -0.25) is 0 Å². The third kappa shape index (κ3) is 9.33. The SMILES string of the molecule is COCC(CN)NS(=O)(=O)CCCC(F)(F)F. The Bertz CT molecular complexity index is 306. The van der Waals surface area contributed by atoms with Crippen LogP contribution < -0.4 is 10.5 Å². The Morgan fingerprint density at radius 3 is 2.41 bits per heavy atom. The Morgan fingerprint density at radius 2 is 2.00 bits per heavy atom. The lowest BCUT2D eigenvalue weighted by molar-refractivity contribution is -0.134. The molecule has 0 aromatic carbocycles. The van der Waals surface area contributed by atoms with Gasteiger partial charge in [-0.15, -0.1) is 0 Å². The fraction of sp³-hybridized carbons (Fsp3) is 1.00. The maximum Gasteiger partial charge on any atom is 0.389 e. The van der Waals surface area contributed by atoms with Crippen LogP contribution in [0.25, 0.3) is 0 Å². The van der Waals surface area contributed by atoms with Crippen molar-refractivity contribution in [2.24, 2.45) is 5.73 Å². The monoisotopic (exact) mass is 278 g/mol. The summed E-state index contributed by atoms with van der Waals surface area (Å²) in [6.45, 7) is 0.0986. The summed E-state index contributed by atoms with van der Waals surface area (Å²) in [5.41, 5.74) is 5.28. The van der Waals surface area contributed by atoms with Crippen LogP contribution >= 0.6 is 0 Å². The highest BCUT2D eigenvalue weighted by molar-refractivity contribution is 7.89. The number of nitrogens with two attached hydrogens (primary N) is 1. The Morgan fingerprint density at radius 1 is 1.41 bits per heavy atom. The smallest absolute Gasteiger partial charge is 0.383 e. The quantitative estimate of drug-likeness (QED) is 0.665. The molecule has 9 heteroatoms. The van der Waals surface area contributed by atoms with Crippen LogP contribution in [0.2, 0.25) is 0 Å². The van der Waals surface area contributed by atoms with Gasteiger partial charge in [-0.25, -0.2) is 13.1 Å². The van der Waals surface area contributed by atoms with Crippen molar-refractivity contribution in [2.45, 2.75) is 25.1 Å². The third-order valence-corrected chi connectivity index (χ3v) is 3.39. The van der Waals surface area contributed by atoms with E-state index in [1.54, 1.807) is 0 Å². The van der Waals surface area contributed by atoms with Gasteiger partial charge >= 0.3 is 6.18 Å². The molecule has 0 saturated heterocycles. The lowest BCUT2D eigenvalue weighted by Gasteiger charge is -2.16. The standard InChI is InChI=1S/C8H17F3N2O3S/c1-16-6-7(5-12)13-17(14,15)4-2-3-8(9,10)11/h7,13H,2-6,12H2,1H3. The van der Waals surface area contributed by atoms with Crippen LogP contribution in [-0.2, 0) is 14.8 Å². The van der Waals surface area contributed by atoms with Crippen LogP contribution in [0.5, 0.6) is 0 Å². The van der Waals surface area contributed by atoms with Crippen LogP contribution in [-0.4, -0.2) is 46.7 Å². The molecule has 0 aliphatic carbocycles. The summed E-state index contributed by atoms with van der Waals surface area (Å²) in [4.78, 5) is 0. The molecular formula is C8H17F3N2O3S. The van der Waals surface area contributed by atoms with E-state index < -0.39 is 40.8 Å². The van der Waals surface area contributed by atoms with Gasteiger partial charge in [0, 0.05) is 20.1 Å². The van der Waals surface area contributed by atoms with Gasteiger partial charge in [0.1, 0.15) is 0 Å². The maximum atomic E-state index is 11.8. The Hall–Kier alpha value is -0.380. The highest BCUT2D eigenvalue weighted by Crippen LogP contribution is 2.21.